The van der Waals surface area contributed by atoms with E-state index in [-0.39, 0.29) is 11.9 Å². The maximum atomic E-state index is 13.1. The highest BCUT2D eigenvalue weighted by Crippen LogP contribution is 2.30. The Morgan fingerprint density at radius 1 is 1.29 bits per heavy atom. The van der Waals surface area contributed by atoms with Gasteiger partial charge in [0.15, 0.2) is 0 Å². The van der Waals surface area contributed by atoms with Crippen molar-refractivity contribution in [1.29, 1.82) is 0 Å². The Balaban J connectivity index is 1.43. The number of likely N-dealkylation sites (tertiary alicyclic amines) is 1. The molecule has 1 amide bonds. The minimum atomic E-state index is 0.116. The Kier molecular flexibility index (Phi) is 5.36. The molecule has 0 aliphatic carbocycles. The average Bonchev–Trinajstić information content (AvgIpc) is 3.38. The van der Waals surface area contributed by atoms with E-state index >= 15 is 0 Å². The van der Waals surface area contributed by atoms with Gasteiger partial charge in [-0.1, -0.05) is 30.3 Å². The Hall–Kier alpha value is -2.77. The van der Waals surface area contributed by atoms with Crippen molar-refractivity contribution in [3.05, 3.63) is 64.7 Å². The van der Waals surface area contributed by atoms with Crippen molar-refractivity contribution in [3.63, 3.8) is 0 Å². The fourth-order valence-corrected chi connectivity index (χ4v) is 4.48. The van der Waals surface area contributed by atoms with E-state index in [0.29, 0.717) is 24.7 Å². The van der Waals surface area contributed by atoms with Crippen LogP contribution in [0.1, 0.15) is 21.9 Å². The highest BCUT2D eigenvalue weighted by molar-refractivity contribution is 7.12. The lowest BCUT2D eigenvalue weighted by atomic mass is 10.1. The van der Waals surface area contributed by atoms with E-state index in [4.69, 9.17) is 5.73 Å². The van der Waals surface area contributed by atoms with Crippen LogP contribution in [0, 0.1) is 0 Å². The van der Waals surface area contributed by atoms with Crippen LogP contribution in [-0.4, -0.2) is 51.9 Å². The summed E-state index contributed by atoms with van der Waals surface area (Å²) in [7, 11) is 2.05. The molecule has 0 radical (unpaired) electrons. The summed E-state index contributed by atoms with van der Waals surface area (Å²) in [6.07, 6.45) is 2.62. The first kappa shape index (κ1) is 18.6. The van der Waals surface area contributed by atoms with E-state index in [1.54, 1.807) is 12.3 Å². The van der Waals surface area contributed by atoms with Gasteiger partial charge in [0.2, 0.25) is 0 Å². The minimum Gasteiger partial charge on any atom is -0.384 e. The maximum Gasteiger partial charge on any atom is 0.264 e. The van der Waals surface area contributed by atoms with Crippen LogP contribution in [0.25, 0.3) is 11.1 Å². The van der Waals surface area contributed by atoms with Gasteiger partial charge in [-0.3, -0.25) is 9.69 Å². The summed E-state index contributed by atoms with van der Waals surface area (Å²) < 4.78 is 0. The molecule has 1 aromatic carbocycles. The van der Waals surface area contributed by atoms with Crippen molar-refractivity contribution in [2.45, 2.75) is 19.0 Å². The van der Waals surface area contributed by atoms with Gasteiger partial charge in [-0.05, 0) is 36.5 Å². The lowest BCUT2D eigenvalue weighted by molar-refractivity contribution is 0.0785. The lowest BCUT2D eigenvalue weighted by Gasteiger charge is -2.24. The Labute approximate surface area is 168 Å². The maximum absolute atomic E-state index is 13.1. The van der Waals surface area contributed by atoms with Crippen LogP contribution in [0.5, 0.6) is 0 Å². The zero-order valence-electron chi connectivity index (χ0n) is 15.8. The molecule has 7 heteroatoms. The van der Waals surface area contributed by atoms with Crippen LogP contribution in [0.4, 0.5) is 5.82 Å². The molecule has 2 N–H and O–H groups in total. The molecule has 3 heterocycles. The molecular weight excluding hydrogens is 370 g/mol. The van der Waals surface area contributed by atoms with Gasteiger partial charge in [0, 0.05) is 30.9 Å². The van der Waals surface area contributed by atoms with Crippen LogP contribution >= 0.6 is 11.3 Å². The first-order chi connectivity index (χ1) is 13.6. The second-order valence-corrected chi connectivity index (χ2v) is 7.95. The van der Waals surface area contributed by atoms with Gasteiger partial charge in [0.1, 0.15) is 11.6 Å². The minimum absolute atomic E-state index is 0.116. The predicted molar refractivity (Wildman–Crippen MR) is 112 cm³/mol. The molecule has 0 saturated carbocycles. The van der Waals surface area contributed by atoms with Gasteiger partial charge in [-0.2, -0.15) is 0 Å². The second kappa shape index (κ2) is 8.08. The molecule has 1 aliphatic heterocycles. The molecule has 3 aromatic rings. The molecule has 1 unspecified atom stereocenters. The number of nitrogen functional groups attached to an aromatic ring is 1. The summed E-state index contributed by atoms with van der Waals surface area (Å²) >= 11 is 1.51. The van der Waals surface area contributed by atoms with Crippen molar-refractivity contribution in [2.24, 2.45) is 0 Å². The number of nitrogens with zero attached hydrogens (tertiary/aromatic N) is 4. The molecular formula is C21H23N5OS. The standard InChI is InChI=1S/C21H23N5OS/c1-25(14-19-23-10-7-18(22)24-19)16-8-11-26(13-16)21(27)20-17(9-12-28-20)15-5-3-2-4-6-15/h2-7,9-10,12,16H,8,11,13-14H2,1H3,(H2,22,23,24). The van der Waals surface area contributed by atoms with Crippen LogP contribution in [0.15, 0.2) is 54.0 Å². The first-order valence-electron chi connectivity index (χ1n) is 9.31. The molecule has 0 spiro atoms. The summed E-state index contributed by atoms with van der Waals surface area (Å²) in [4.78, 5) is 26.7. The number of amides is 1. The largest absolute Gasteiger partial charge is 0.384 e. The van der Waals surface area contributed by atoms with Gasteiger partial charge in [-0.25, -0.2) is 9.97 Å². The zero-order chi connectivity index (χ0) is 19.5. The smallest absolute Gasteiger partial charge is 0.264 e. The SMILES string of the molecule is CN(Cc1nccc(N)n1)C1CCN(C(=O)c2sccc2-c2ccccc2)C1. The summed E-state index contributed by atoms with van der Waals surface area (Å²) in [6.45, 7) is 2.09. The van der Waals surface area contributed by atoms with Crippen molar-refractivity contribution in [1.82, 2.24) is 19.8 Å². The van der Waals surface area contributed by atoms with E-state index < -0.39 is 0 Å². The summed E-state index contributed by atoms with van der Waals surface area (Å²) in [5, 5.41) is 1.99. The van der Waals surface area contributed by atoms with Crippen molar-refractivity contribution in [2.75, 3.05) is 25.9 Å². The van der Waals surface area contributed by atoms with Crippen molar-refractivity contribution >= 4 is 23.1 Å². The van der Waals surface area contributed by atoms with Gasteiger partial charge in [-0.15, -0.1) is 11.3 Å². The lowest BCUT2D eigenvalue weighted by Crippen LogP contribution is -2.36. The molecule has 4 rings (SSSR count). The molecule has 1 aliphatic rings. The van der Waals surface area contributed by atoms with Crippen LogP contribution < -0.4 is 5.73 Å². The molecule has 6 nitrogen and oxygen atoms in total. The third-order valence-electron chi connectivity index (χ3n) is 5.14. The number of hydrogen-bond donors (Lipinski definition) is 1. The van der Waals surface area contributed by atoms with Crippen LogP contribution in [0.3, 0.4) is 0 Å². The Morgan fingerprint density at radius 3 is 2.89 bits per heavy atom. The number of rotatable bonds is 5. The van der Waals surface area contributed by atoms with E-state index in [2.05, 4.69) is 14.9 Å². The summed E-state index contributed by atoms with van der Waals surface area (Å²) in [5.41, 5.74) is 7.84. The topological polar surface area (TPSA) is 75.4 Å². The molecule has 0 bridgehead atoms. The fourth-order valence-electron chi connectivity index (χ4n) is 3.59. The van der Waals surface area contributed by atoms with Gasteiger partial charge >= 0.3 is 0 Å². The van der Waals surface area contributed by atoms with Crippen LogP contribution in [0.2, 0.25) is 0 Å². The van der Waals surface area contributed by atoms with E-state index in [0.717, 1.165) is 29.0 Å². The number of carbonyl (C=O) groups excluding carboxylic acids is 1. The van der Waals surface area contributed by atoms with E-state index in [9.17, 15) is 4.79 Å². The van der Waals surface area contributed by atoms with E-state index in [1.807, 2.05) is 53.7 Å². The third-order valence-corrected chi connectivity index (χ3v) is 6.04. The number of carbonyl (C=O) groups is 1. The van der Waals surface area contributed by atoms with Crippen molar-refractivity contribution in [3.8, 4) is 11.1 Å². The van der Waals surface area contributed by atoms with Crippen molar-refractivity contribution < 1.29 is 4.79 Å². The second-order valence-electron chi connectivity index (χ2n) is 7.04. The Morgan fingerprint density at radius 2 is 2.11 bits per heavy atom. The quantitative estimate of drug-likeness (QED) is 0.721. The molecule has 2 aromatic heterocycles. The third kappa shape index (κ3) is 3.90. The molecule has 1 fully saturated rings. The summed E-state index contributed by atoms with van der Waals surface area (Å²) in [5.74, 6) is 1.30. The average molecular weight is 394 g/mol. The van der Waals surface area contributed by atoms with Crippen LogP contribution in [-0.2, 0) is 6.54 Å². The number of thiophene rings is 1. The molecule has 28 heavy (non-hydrogen) atoms. The number of likely N-dealkylation sites (N-methyl/N-ethyl adjacent to an activating group) is 1. The van der Waals surface area contributed by atoms with E-state index in [1.165, 1.54) is 11.3 Å². The molecule has 1 saturated heterocycles. The number of hydrogen-bond acceptors (Lipinski definition) is 6. The molecule has 1 atom stereocenters. The number of benzene rings is 1. The number of nitrogens with two attached hydrogens (primary N) is 1. The fraction of sp³-hybridized carbons (Fsp3) is 0.286. The zero-order valence-corrected chi connectivity index (χ0v) is 16.6. The monoisotopic (exact) mass is 393 g/mol. The number of aromatic nitrogens is 2. The number of anilines is 1. The highest BCUT2D eigenvalue weighted by Gasteiger charge is 2.31. The summed E-state index contributed by atoms with van der Waals surface area (Å²) in [6, 6.07) is 14.1. The molecule has 144 valence electrons. The highest BCUT2D eigenvalue weighted by atomic mass is 32.1. The normalized spacial score (nSPS) is 16.6. The first-order valence-corrected chi connectivity index (χ1v) is 10.2. The van der Waals surface area contributed by atoms with Gasteiger partial charge in [0.25, 0.3) is 5.91 Å². The van der Waals surface area contributed by atoms with Gasteiger partial charge in [0.05, 0.1) is 11.4 Å². The predicted octanol–water partition coefficient (Wildman–Crippen LogP) is 3.13. The van der Waals surface area contributed by atoms with Gasteiger partial charge < -0.3 is 10.6 Å². The Bertz CT molecular complexity index is 958.